The standard InChI is InChI=1S/C26H22F3NO6/c1-3-14-34-18-9-5-16(6-10-18)23(31)21-22(20-13-4-15(2)35-20)30(25(33)24(21)32)17-7-11-19(12-8-17)36-26(27,28)29/h4-13,22,31H,3,14H2,1-2H3/b23-21-. The Morgan fingerprint density at radius 1 is 1.00 bits per heavy atom. The van der Waals surface area contributed by atoms with Gasteiger partial charge >= 0.3 is 6.36 Å². The van der Waals surface area contributed by atoms with Gasteiger partial charge in [0, 0.05) is 11.3 Å². The molecule has 1 aliphatic rings. The van der Waals surface area contributed by atoms with Gasteiger partial charge in [0.1, 0.15) is 34.8 Å². The second-order valence-corrected chi connectivity index (χ2v) is 8.03. The van der Waals surface area contributed by atoms with E-state index in [-0.39, 0.29) is 22.6 Å². The Kier molecular flexibility index (Phi) is 6.78. The molecule has 0 radical (unpaired) electrons. The van der Waals surface area contributed by atoms with Crippen molar-refractivity contribution in [2.45, 2.75) is 32.7 Å². The maximum absolute atomic E-state index is 13.1. The number of halogens is 3. The van der Waals surface area contributed by atoms with Crippen LogP contribution in [0.5, 0.6) is 11.5 Å². The lowest BCUT2D eigenvalue weighted by Gasteiger charge is -2.23. The monoisotopic (exact) mass is 501 g/mol. The molecule has 188 valence electrons. The summed E-state index contributed by atoms with van der Waals surface area (Å²) in [6.07, 6.45) is -4.06. The number of rotatable bonds is 7. The van der Waals surface area contributed by atoms with E-state index in [1.807, 2.05) is 6.92 Å². The summed E-state index contributed by atoms with van der Waals surface area (Å²) in [7, 11) is 0. The van der Waals surface area contributed by atoms with Crippen molar-refractivity contribution < 1.29 is 41.8 Å². The van der Waals surface area contributed by atoms with Gasteiger partial charge in [-0.15, -0.1) is 13.2 Å². The number of aliphatic hydroxyl groups is 1. The summed E-state index contributed by atoms with van der Waals surface area (Å²) < 4.78 is 52.8. The van der Waals surface area contributed by atoms with Crippen molar-refractivity contribution in [1.29, 1.82) is 0 Å². The van der Waals surface area contributed by atoms with Crippen molar-refractivity contribution >= 4 is 23.1 Å². The number of alkyl halides is 3. The lowest BCUT2D eigenvalue weighted by molar-refractivity contribution is -0.274. The maximum atomic E-state index is 13.1. The van der Waals surface area contributed by atoms with Gasteiger partial charge < -0.3 is 19.0 Å². The second-order valence-electron chi connectivity index (χ2n) is 8.03. The summed E-state index contributed by atoms with van der Waals surface area (Å²) in [6, 6.07) is 12.9. The average molecular weight is 501 g/mol. The zero-order valence-corrected chi connectivity index (χ0v) is 19.3. The molecule has 3 aromatic rings. The number of hydrogen-bond donors (Lipinski definition) is 1. The van der Waals surface area contributed by atoms with Gasteiger partial charge in [-0.3, -0.25) is 14.5 Å². The number of amides is 1. The molecule has 36 heavy (non-hydrogen) atoms. The van der Waals surface area contributed by atoms with Gasteiger partial charge in [-0.05, 0) is 74.0 Å². The third-order valence-corrected chi connectivity index (χ3v) is 5.42. The molecule has 4 rings (SSSR count). The highest BCUT2D eigenvalue weighted by Gasteiger charge is 2.48. The van der Waals surface area contributed by atoms with Crippen molar-refractivity contribution in [2.75, 3.05) is 11.5 Å². The Labute approximate surface area is 204 Å². The van der Waals surface area contributed by atoms with Crippen LogP contribution in [-0.4, -0.2) is 29.8 Å². The van der Waals surface area contributed by atoms with E-state index < -0.39 is 35.6 Å². The molecular formula is C26H22F3NO6. The fourth-order valence-electron chi connectivity index (χ4n) is 3.86. The van der Waals surface area contributed by atoms with Gasteiger partial charge in [0.15, 0.2) is 0 Å². The van der Waals surface area contributed by atoms with Crippen molar-refractivity contribution in [3.05, 3.63) is 83.3 Å². The second kappa shape index (κ2) is 9.80. The lowest BCUT2D eigenvalue weighted by Crippen LogP contribution is -2.29. The van der Waals surface area contributed by atoms with E-state index in [4.69, 9.17) is 9.15 Å². The minimum absolute atomic E-state index is 0.119. The van der Waals surface area contributed by atoms with Crippen LogP contribution in [0.1, 0.15) is 36.5 Å². The molecule has 2 aromatic carbocycles. The number of carbonyl (C=O) groups excluding carboxylic acids is 2. The molecule has 1 atom stereocenters. The lowest BCUT2D eigenvalue weighted by atomic mass is 9.99. The van der Waals surface area contributed by atoms with Gasteiger partial charge in [-0.2, -0.15) is 0 Å². The number of hydrogen-bond acceptors (Lipinski definition) is 6. The van der Waals surface area contributed by atoms with Gasteiger partial charge in [-0.1, -0.05) is 6.92 Å². The zero-order chi connectivity index (χ0) is 26.0. The van der Waals surface area contributed by atoms with Crippen LogP contribution in [0.25, 0.3) is 5.76 Å². The Hall–Kier alpha value is -4.21. The van der Waals surface area contributed by atoms with Crippen LogP contribution < -0.4 is 14.4 Å². The van der Waals surface area contributed by atoms with Crippen LogP contribution in [0.2, 0.25) is 0 Å². The molecule has 2 heterocycles. The highest BCUT2D eigenvalue weighted by Crippen LogP contribution is 2.43. The molecule has 1 fully saturated rings. The molecule has 1 aliphatic heterocycles. The Morgan fingerprint density at radius 3 is 2.19 bits per heavy atom. The topological polar surface area (TPSA) is 89.2 Å². The molecule has 10 heteroatoms. The molecule has 7 nitrogen and oxygen atoms in total. The zero-order valence-electron chi connectivity index (χ0n) is 19.3. The first kappa shape index (κ1) is 24.9. The fraction of sp³-hybridized carbons (Fsp3) is 0.231. The Bertz CT molecular complexity index is 1290. The summed E-state index contributed by atoms with van der Waals surface area (Å²) in [5.74, 6) is -1.56. The number of furan rings is 1. The first-order chi connectivity index (χ1) is 17.1. The van der Waals surface area contributed by atoms with E-state index >= 15 is 0 Å². The van der Waals surface area contributed by atoms with Gasteiger partial charge in [0.25, 0.3) is 11.7 Å². The smallest absolute Gasteiger partial charge is 0.507 e. The summed E-state index contributed by atoms with van der Waals surface area (Å²) >= 11 is 0. The largest absolute Gasteiger partial charge is 0.573 e. The van der Waals surface area contributed by atoms with Gasteiger partial charge in [0.2, 0.25) is 0 Å². The Balaban J connectivity index is 1.77. The molecule has 0 bridgehead atoms. The Morgan fingerprint density at radius 2 is 1.64 bits per heavy atom. The number of carbonyl (C=O) groups is 2. The number of ketones is 1. The summed E-state index contributed by atoms with van der Waals surface area (Å²) in [6.45, 7) is 4.15. The third-order valence-electron chi connectivity index (χ3n) is 5.42. The normalized spacial score (nSPS) is 17.5. The van der Waals surface area contributed by atoms with E-state index in [0.29, 0.717) is 18.1 Å². The van der Waals surface area contributed by atoms with Gasteiger partial charge in [0.05, 0.1) is 12.2 Å². The van der Waals surface area contributed by atoms with Crippen molar-refractivity contribution in [3.8, 4) is 11.5 Å². The highest BCUT2D eigenvalue weighted by atomic mass is 19.4. The number of nitrogens with zero attached hydrogens (tertiary/aromatic N) is 1. The average Bonchev–Trinajstić information content (AvgIpc) is 3.38. The number of aliphatic hydroxyl groups excluding tert-OH is 1. The quantitative estimate of drug-likeness (QED) is 0.246. The summed E-state index contributed by atoms with van der Waals surface area (Å²) in [5.41, 5.74) is 0.180. The number of benzene rings is 2. The maximum Gasteiger partial charge on any atom is 0.573 e. The molecule has 0 aliphatic carbocycles. The predicted octanol–water partition coefficient (Wildman–Crippen LogP) is 5.90. The SMILES string of the molecule is CCCOc1ccc(/C(O)=C2/C(=O)C(=O)N(c3ccc(OC(F)(F)F)cc3)C2c2ccc(C)o2)cc1. The van der Waals surface area contributed by atoms with Crippen molar-refractivity contribution in [1.82, 2.24) is 0 Å². The van der Waals surface area contributed by atoms with Crippen LogP contribution >= 0.6 is 0 Å². The van der Waals surface area contributed by atoms with E-state index in [2.05, 4.69) is 4.74 Å². The minimum Gasteiger partial charge on any atom is -0.507 e. The molecule has 1 saturated heterocycles. The molecule has 1 amide bonds. The third kappa shape index (κ3) is 5.07. The van der Waals surface area contributed by atoms with Crippen LogP contribution in [0.4, 0.5) is 18.9 Å². The first-order valence-corrected chi connectivity index (χ1v) is 11.1. The molecular weight excluding hydrogens is 479 g/mol. The summed E-state index contributed by atoms with van der Waals surface area (Å²) in [4.78, 5) is 27.3. The summed E-state index contributed by atoms with van der Waals surface area (Å²) in [5, 5.41) is 11.1. The fourth-order valence-corrected chi connectivity index (χ4v) is 3.86. The number of aryl methyl sites for hydroxylation is 1. The molecule has 0 spiro atoms. The molecule has 1 aromatic heterocycles. The van der Waals surface area contributed by atoms with E-state index in [1.54, 1.807) is 43.3 Å². The number of anilines is 1. The number of Topliss-reactive ketones (excluding diaryl/α,β-unsaturated/α-hetero) is 1. The van der Waals surface area contributed by atoms with Crippen LogP contribution in [0.3, 0.4) is 0 Å². The predicted molar refractivity (Wildman–Crippen MR) is 124 cm³/mol. The highest BCUT2D eigenvalue weighted by molar-refractivity contribution is 6.51. The number of ether oxygens (including phenoxy) is 2. The molecule has 1 N–H and O–H groups in total. The van der Waals surface area contributed by atoms with E-state index in [9.17, 15) is 27.9 Å². The van der Waals surface area contributed by atoms with Gasteiger partial charge in [-0.25, -0.2) is 0 Å². The molecule has 1 unspecified atom stereocenters. The van der Waals surface area contributed by atoms with E-state index in [0.717, 1.165) is 23.5 Å². The van der Waals surface area contributed by atoms with Crippen LogP contribution in [0.15, 0.2) is 70.7 Å². The first-order valence-electron chi connectivity index (χ1n) is 11.1. The van der Waals surface area contributed by atoms with E-state index in [1.165, 1.54) is 12.1 Å². The van der Waals surface area contributed by atoms with Crippen LogP contribution in [0, 0.1) is 6.92 Å². The van der Waals surface area contributed by atoms with Crippen molar-refractivity contribution in [3.63, 3.8) is 0 Å². The minimum atomic E-state index is -4.88. The van der Waals surface area contributed by atoms with Crippen molar-refractivity contribution in [2.24, 2.45) is 0 Å². The van der Waals surface area contributed by atoms with Crippen LogP contribution in [-0.2, 0) is 9.59 Å². The molecule has 0 saturated carbocycles.